The lowest BCUT2D eigenvalue weighted by Gasteiger charge is -2.30. The Morgan fingerprint density at radius 3 is 2.54 bits per heavy atom. The van der Waals surface area contributed by atoms with E-state index >= 15 is 0 Å². The SMILES string of the molecule is COc1cccc(C(C)N2CN(c3ccc(Br)cc3)CC23CC3)c1. The van der Waals surface area contributed by atoms with Crippen molar-refractivity contribution in [3.63, 3.8) is 0 Å². The summed E-state index contributed by atoms with van der Waals surface area (Å²) in [5.74, 6) is 0.938. The van der Waals surface area contributed by atoms with Crippen LogP contribution in [0.4, 0.5) is 5.69 Å². The molecule has 3 nitrogen and oxygen atoms in total. The van der Waals surface area contributed by atoms with Crippen molar-refractivity contribution in [3.05, 3.63) is 58.6 Å². The van der Waals surface area contributed by atoms with Crippen molar-refractivity contribution in [3.8, 4) is 5.75 Å². The molecule has 0 bridgehead atoms. The first kappa shape index (κ1) is 16.0. The molecule has 24 heavy (non-hydrogen) atoms. The highest BCUT2D eigenvalue weighted by Crippen LogP contribution is 2.50. The Balaban J connectivity index is 1.57. The van der Waals surface area contributed by atoms with E-state index in [4.69, 9.17) is 4.74 Å². The van der Waals surface area contributed by atoms with E-state index in [0.717, 1.165) is 23.4 Å². The molecular weight excluding hydrogens is 364 g/mol. The first-order chi connectivity index (χ1) is 11.6. The average Bonchev–Trinajstić information content (AvgIpc) is 3.28. The molecule has 2 aliphatic rings. The second-order valence-electron chi connectivity index (χ2n) is 6.96. The van der Waals surface area contributed by atoms with Gasteiger partial charge in [0.05, 0.1) is 13.8 Å². The van der Waals surface area contributed by atoms with Crippen molar-refractivity contribution in [1.29, 1.82) is 0 Å². The van der Waals surface area contributed by atoms with Crippen LogP contribution in [0.3, 0.4) is 0 Å². The largest absolute Gasteiger partial charge is 0.497 e. The fourth-order valence-electron chi connectivity index (χ4n) is 3.86. The lowest BCUT2D eigenvalue weighted by molar-refractivity contribution is 0.181. The van der Waals surface area contributed by atoms with E-state index in [0.29, 0.717) is 11.6 Å². The summed E-state index contributed by atoms with van der Waals surface area (Å²) in [4.78, 5) is 5.18. The molecule has 4 rings (SSSR count). The lowest BCUT2D eigenvalue weighted by Crippen LogP contribution is -2.35. The highest BCUT2D eigenvalue weighted by Gasteiger charge is 2.55. The van der Waals surface area contributed by atoms with Crippen LogP contribution < -0.4 is 9.64 Å². The van der Waals surface area contributed by atoms with Crippen LogP contribution in [0.25, 0.3) is 0 Å². The summed E-state index contributed by atoms with van der Waals surface area (Å²) in [6.45, 7) is 4.43. The number of hydrogen-bond acceptors (Lipinski definition) is 3. The van der Waals surface area contributed by atoms with Gasteiger partial charge in [-0.05, 0) is 61.7 Å². The summed E-state index contributed by atoms with van der Waals surface area (Å²) >= 11 is 3.53. The Morgan fingerprint density at radius 2 is 1.88 bits per heavy atom. The number of halogens is 1. The smallest absolute Gasteiger partial charge is 0.119 e. The Labute approximate surface area is 152 Å². The standard InChI is InChI=1S/C20H23BrN2O/c1-15(16-4-3-5-19(12-16)24-2)23-14-22(13-20(23)10-11-20)18-8-6-17(21)7-9-18/h3-9,12,15H,10-11,13-14H2,1-2H3. The molecule has 126 valence electrons. The summed E-state index contributed by atoms with van der Waals surface area (Å²) in [6.07, 6.45) is 2.60. The van der Waals surface area contributed by atoms with Crippen molar-refractivity contribution in [2.75, 3.05) is 25.2 Å². The number of nitrogens with zero attached hydrogens (tertiary/aromatic N) is 2. The van der Waals surface area contributed by atoms with Crippen LogP contribution in [0.2, 0.25) is 0 Å². The lowest BCUT2D eigenvalue weighted by atomic mass is 10.0. The van der Waals surface area contributed by atoms with Crippen molar-refractivity contribution >= 4 is 21.6 Å². The first-order valence-electron chi connectivity index (χ1n) is 8.52. The van der Waals surface area contributed by atoms with Crippen molar-refractivity contribution < 1.29 is 4.74 Å². The minimum Gasteiger partial charge on any atom is -0.497 e. The topological polar surface area (TPSA) is 15.7 Å². The third-order valence-corrected chi connectivity index (χ3v) is 6.01. The summed E-state index contributed by atoms with van der Waals surface area (Å²) in [7, 11) is 1.73. The molecule has 0 amide bonds. The number of benzene rings is 2. The molecular formula is C20H23BrN2O. The molecule has 1 unspecified atom stereocenters. The third-order valence-electron chi connectivity index (χ3n) is 5.48. The zero-order valence-electron chi connectivity index (χ0n) is 14.2. The summed E-state index contributed by atoms with van der Waals surface area (Å²) in [5.41, 5.74) is 3.00. The predicted octanol–water partition coefficient (Wildman–Crippen LogP) is 4.83. The van der Waals surface area contributed by atoms with Crippen molar-refractivity contribution in [2.24, 2.45) is 0 Å². The molecule has 0 radical (unpaired) electrons. The normalized spacial score (nSPS) is 20.4. The van der Waals surface area contributed by atoms with Gasteiger partial charge in [-0.15, -0.1) is 0 Å². The van der Waals surface area contributed by atoms with Gasteiger partial charge in [-0.25, -0.2) is 0 Å². The Bertz CT molecular complexity index is 727. The van der Waals surface area contributed by atoms with E-state index in [9.17, 15) is 0 Å². The quantitative estimate of drug-likeness (QED) is 0.747. The molecule has 1 heterocycles. The monoisotopic (exact) mass is 386 g/mol. The van der Waals surface area contributed by atoms with Crippen LogP contribution in [0.15, 0.2) is 53.0 Å². The Morgan fingerprint density at radius 1 is 1.12 bits per heavy atom. The third kappa shape index (κ3) is 2.82. The summed E-state index contributed by atoms with van der Waals surface area (Å²) in [5, 5.41) is 0. The van der Waals surface area contributed by atoms with Crippen LogP contribution in [0, 0.1) is 0 Å². The molecule has 2 aromatic carbocycles. The molecule has 1 spiro atoms. The second-order valence-corrected chi connectivity index (χ2v) is 7.88. The van der Waals surface area contributed by atoms with Gasteiger partial charge in [0.1, 0.15) is 5.75 Å². The Hall–Kier alpha value is -1.52. The van der Waals surface area contributed by atoms with Crippen molar-refractivity contribution in [1.82, 2.24) is 4.90 Å². The summed E-state index contributed by atoms with van der Waals surface area (Å²) in [6, 6.07) is 17.6. The van der Waals surface area contributed by atoms with E-state index in [1.807, 2.05) is 6.07 Å². The highest BCUT2D eigenvalue weighted by molar-refractivity contribution is 9.10. The van der Waals surface area contributed by atoms with E-state index in [2.05, 4.69) is 75.1 Å². The maximum atomic E-state index is 5.40. The fraction of sp³-hybridized carbons (Fsp3) is 0.400. The second kappa shape index (κ2) is 6.08. The summed E-state index contributed by atoms with van der Waals surface area (Å²) < 4.78 is 6.54. The van der Waals surface area contributed by atoms with Crippen LogP contribution in [0.5, 0.6) is 5.75 Å². The average molecular weight is 387 g/mol. The molecule has 1 atom stereocenters. The van der Waals surface area contributed by atoms with Gasteiger partial charge in [0.25, 0.3) is 0 Å². The van der Waals surface area contributed by atoms with Crippen LogP contribution >= 0.6 is 15.9 Å². The zero-order valence-corrected chi connectivity index (χ0v) is 15.8. The van der Waals surface area contributed by atoms with Gasteiger partial charge in [-0.1, -0.05) is 28.1 Å². The minimum atomic E-state index is 0.357. The van der Waals surface area contributed by atoms with Gasteiger partial charge in [0, 0.05) is 28.3 Å². The van der Waals surface area contributed by atoms with Crippen LogP contribution in [-0.4, -0.2) is 30.8 Å². The van der Waals surface area contributed by atoms with E-state index in [1.54, 1.807) is 7.11 Å². The molecule has 0 N–H and O–H groups in total. The van der Waals surface area contributed by atoms with E-state index < -0.39 is 0 Å². The molecule has 2 aromatic rings. The number of hydrogen-bond donors (Lipinski definition) is 0. The van der Waals surface area contributed by atoms with Crippen LogP contribution in [0.1, 0.15) is 31.4 Å². The molecule has 1 saturated heterocycles. The van der Waals surface area contributed by atoms with Gasteiger partial charge >= 0.3 is 0 Å². The zero-order chi connectivity index (χ0) is 16.7. The van der Waals surface area contributed by atoms with Crippen molar-refractivity contribution in [2.45, 2.75) is 31.3 Å². The number of anilines is 1. The number of ether oxygens (including phenoxy) is 1. The maximum absolute atomic E-state index is 5.40. The maximum Gasteiger partial charge on any atom is 0.119 e. The Kier molecular flexibility index (Phi) is 4.05. The van der Waals surface area contributed by atoms with Gasteiger partial charge in [0.2, 0.25) is 0 Å². The van der Waals surface area contributed by atoms with Gasteiger partial charge < -0.3 is 9.64 Å². The fourth-order valence-corrected chi connectivity index (χ4v) is 4.12. The first-order valence-corrected chi connectivity index (χ1v) is 9.32. The number of rotatable bonds is 4. The predicted molar refractivity (Wildman–Crippen MR) is 102 cm³/mol. The van der Waals surface area contributed by atoms with Gasteiger partial charge in [0.15, 0.2) is 0 Å². The van der Waals surface area contributed by atoms with Crippen LogP contribution in [-0.2, 0) is 0 Å². The van der Waals surface area contributed by atoms with E-state index in [-0.39, 0.29) is 0 Å². The molecule has 0 aromatic heterocycles. The molecule has 4 heteroatoms. The molecule has 1 saturated carbocycles. The minimum absolute atomic E-state index is 0.357. The molecule has 1 aliphatic carbocycles. The van der Waals surface area contributed by atoms with Gasteiger partial charge in [-0.3, -0.25) is 4.90 Å². The highest BCUT2D eigenvalue weighted by atomic mass is 79.9. The van der Waals surface area contributed by atoms with E-state index in [1.165, 1.54) is 24.1 Å². The number of methoxy groups -OCH3 is 1. The molecule has 2 fully saturated rings. The van der Waals surface area contributed by atoms with Gasteiger partial charge in [-0.2, -0.15) is 0 Å². The molecule has 1 aliphatic heterocycles.